The van der Waals surface area contributed by atoms with Gasteiger partial charge in [0.25, 0.3) is 5.91 Å². The highest BCUT2D eigenvalue weighted by Crippen LogP contribution is 2.16. The van der Waals surface area contributed by atoms with Crippen molar-refractivity contribution in [3.63, 3.8) is 0 Å². The average molecular weight is 287 g/mol. The van der Waals surface area contributed by atoms with E-state index in [0.717, 1.165) is 0 Å². The lowest BCUT2D eigenvalue weighted by atomic mass is 10.2. The van der Waals surface area contributed by atoms with Gasteiger partial charge in [-0.15, -0.1) is 0 Å². The van der Waals surface area contributed by atoms with Gasteiger partial charge in [0, 0.05) is 24.2 Å². The van der Waals surface area contributed by atoms with Crippen LogP contribution in [0.1, 0.15) is 6.42 Å². The number of ether oxygens (including phenoxy) is 1. The van der Waals surface area contributed by atoms with Gasteiger partial charge in [-0.3, -0.25) is 4.79 Å². The number of rotatable bonds is 5. The van der Waals surface area contributed by atoms with E-state index in [4.69, 9.17) is 16.3 Å². The van der Waals surface area contributed by atoms with Crippen LogP contribution in [0.5, 0.6) is 5.75 Å². The standard InChI is InChI=1S/C13H16ClFN2O2/c14-9-2-1-3-12(4-9)19-8-13(18)17-7-11-5-10(15)6-16-11/h1-4,10-11,16H,5-8H2,(H,17,18). The maximum Gasteiger partial charge on any atom is 0.257 e. The quantitative estimate of drug-likeness (QED) is 0.863. The van der Waals surface area contributed by atoms with E-state index in [0.29, 0.717) is 30.3 Å². The molecule has 0 bridgehead atoms. The fourth-order valence-corrected chi connectivity index (χ4v) is 2.10. The van der Waals surface area contributed by atoms with Gasteiger partial charge < -0.3 is 15.4 Å². The summed E-state index contributed by atoms with van der Waals surface area (Å²) in [7, 11) is 0. The highest BCUT2D eigenvalue weighted by Gasteiger charge is 2.23. The Morgan fingerprint density at radius 3 is 3.11 bits per heavy atom. The molecule has 0 aromatic heterocycles. The summed E-state index contributed by atoms with van der Waals surface area (Å²) in [6, 6.07) is 6.85. The summed E-state index contributed by atoms with van der Waals surface area (Å²) in [5.74, 6) is 0.314. The second kappa shape index (κ2) is 6.73. The van der Waals surface area contributed by atoms with Gasteiger partial charge in [-0.1, -0.05) is 17.7 Å². The first-order valence-corrected chi connectivity index (χ1v) is 6.54. The summed E-state index contributed by atoms with van der Waals surface area (Å²) in [4.78, 5) is 11.5. The second-order valence-corrected chi connectivity index (χ2v) is 4.92. The van der Waals surface area contributed by atoms with E-state index >= 15 is 0 Å². The molecule has 1 fully saturated rings. The fraction of sp³-hybridized carbons (Fsp3) is 0.462. The van der Waals surface area contributed by atoms with Gasteiger partial charge in [0.2, 0.25) is 0 Å². The van der Waals surface area contributed by atoms with Crippen LogP contribution in [-0.4, -0.2) is 37.8 Å². The molecule has 1 aliphatic rings. The number of halogens is 2. The van der Waals surface area contributed by atoms with Crippen LogP contribution < -0.4 is 15.4 Å². The smallest absolute Gasteiger partial charge is 0.257 e. The van der Waals surface area contributed by atoms with Gasteiger partial charge in [-0.2, -0.15) is 0 Å². The lowest BCUT2D eigenvalue weighted by Gasteiger charge is -2.11. The van der Waals surface area contributed by atoms with Crippen molar-refractivity contribution in [1.82, 2.24) is 10.6 Å². The molecule has 0 spiro atoms. The molecule has 0 saturated carbocycles. The number of hydrogen-bond donors (Lipinski definition) is 2. The summed E-state index contributed by atoms with van der Waals surface area (Å²) in [5, 5.41) is 6.26. The Hall–Kier alpha value is -1.33. The molecule has 1 aromatic rings. The highest BCUT2D eigenvalue weighted by atomic mass is 35.5. The summed E-state index contributed by atoms with van der Waals surface area (Å²) < 4.78 is 18.2. The Bertz CT molecular complexity index is 444. The number of amides is 1. The van der Waals surface area contributed by atoms with Crippen LogP contribution in [0.3, 0.4) is 0 Å². The second-order valence-electron chi connectivity index (χ2n) is 4.49. The molecule has 19 heavy (non-hydrogen) atoms. The third-order valence-electron chi connectivity index (χ3n) is 2.88. The van der Waals surface area contributed by atoms with E-state index in [1.807, 2.05) is 0 Å². The molecule has 1 amide bonds. The zero-order valence-electron chi connectivity index (χ0n) is 10.4. The van der Waals surface area contributed by atoms with Crippen LogP contribution in [0.15, 0.2) is 24.3 Å². The summed E-state index contributed by atoms with van der Waals surface area (Å²) in [6.07, 6.45) is -0.375. The van der Waals surface area contributed by atoms with Gasteiger partial charge >= 0.3 is 0 Å². The minimum absolute atomic E-state index is 0.00474. The van der Waals surface area contributed by atoms with Crippen molar-refractivity contribution in [3.8, 4) is 5.75 Å². The van der Waals surface area contributed by atoms with E-state index in [2.05, 4.69) is 10.6 Å². The molecule has 4 nitrogen and oxygen atoms in total. The van der Waals surface area contributed by atoms with Gasteiger partial charge in [0.15, 0.2) is 6.61 Å². The molecule has 2 unspecified atom stereocenters. The number of hydrogen-bond acceptors (Lipinski definition) is 3. The number of nitrogens with one attached hydrogen (secondary N) is 2. The van der Waals surface area contributed by atoms with Crippen molar-refractivity contribution >= 4 is 17.5 Å². The molecule has 1 aliphatic heterocycles. The van der Waals surface area contributed by atoms with Crippen molar-refractivity contribution < 1.29 is 13.9 Å². The van der Waals surface area contributed by atoms with Crippen molar-refractivity contribution in [1.29, 1.82) is 0 Å². The molecule has 0 aliphatic carbocycles. The Labute approximate surface area is 116 Å². The zero-order valence-corrected chi connectivity index (χ0v) is 11.1. The Morgan fingerprint density at radius 2 is 2.42 bits per heavy atom. The molecule has 1 aromatic carbocycles. The van der Waals surface area contributed by atoms with E-state index in [1.54, 1.807) is 24.3 Å². The Morgan fingerprint density at radius 1 is 1.58 bits per heavy atom. The molecule has 1 heterocycles. The fourth-order valence-electron chi connectivity index (χ4n) is 1.92. The molecule has 6 heteroatoms. The third-order valence-corrected chi connectivity index (χ3v) is 3.12. The van der Waals surface area contributed by atoms with Crippen LogP contribution in [0, 0.1) is 0 Å². The molecular formula is C13H16ClFN2O2. The topological polar surface area (TPSA) is 50.4 Å². The number of carbonyl (C=O) groups excluding carboxylic acids is 1. The Kier molecular flexibility index (Phi) is 4.99. The number of carbonyl (C=O) groups is 1. The van der Waals surface area contributed by atoms with Crippen molar-refractivity contribution in [3.05, 3.63) is 29.3 Å². The average Bonchev–Trinajstić information content (AvgIpc) is 2.80. The molecule has 2 N–H and O–H groups in total. The summed E-state index contributed by atoms with van der Waals surface area (Å²) in [5.41, 5.74) is 0. The van der Waals surface area contributed by atoms with Gasteiger partial charge in [0.1, 0.15) is 11.9 Å². The maximum absolute atomic E-state index is 12.9. The van der Waals surface area contributed by atoms with Gasteiger partial charge in [-0.25, -0.2) is 4.39 Å². The maximum atomic E-state index is 12.9. The van der Waals surface area contributed by atoms with E-state index in [1.165, 1.54) is 0 Å². The lowest BCUT2D eigenvalue weighted by Crippen LogP contribution is -2.39. The van der Waals surface area contributed by atoms with Crippen molar-refractivity contribution in [2.45, 2.75) is 18.6 Å². The first-order chi connectivity index (χ1) is 9.13. The largest absolute Gasteiger partial charge is 0.484 e. The van der Waals surface area contributed by atoms with Crippen molar-refractivity contribution in [2.24, 2.45) is 0 Å². The first-order valence-electron chi connectivity index (χ1n) is 6.16. The predicted octanol–water partition coefficient (Wildman–Crippen LogP) is 1.53. The minimum Gasteiger partial charge on any atom is -0.484 e. The molecule has 1 saturated heterocycles. The normalized spacial score (nSPS) is 22.2. The number of benzene rings is 1. The lowest BCUT2D eigenvalue weighted by molar-refractivity contribution is -0.123. The number of alkyl halides is 1. The first kappa shape index (κ1) is 14.1. The van der Waals surface area contributed by atoms with E-state index in [9.17, 15) is 9.18 Å². The van der Waals surface area contributed by atoms with Crippen LogP contribution in [0.25, 0.3) is 0 Å². The highest BCUT2D eigenvalue weighted by molar-refractivity contribution is 6.30. The monoisotopic (exact) mass is 286 g/mol. The zero-order chi connectivity index (χ0) is 13.7. The van der Waals surface area contributed by atoms with Crippen LogP contribution >= 0.6 is 11.6 Å². The molecule has 2 atom stereocenters. The van der Waals surface area contributed by atoms with Gasteiger partial charge in [-0.05, 0) is 24.6 Å². The minimum atomic E-state index is -0.815. The Balaban J connectivity index is 1.67. The molecule has 2 rings (SSSR count). The van der Waals surface area contributed by atoms with E-state index < -0.39 is 6.17 Å². The van der Waals surface area contributed by atoms with Crippen LogP contribution in [0.4, 0.5) is 4.39 Å². The molecule has 104 valence electrons. The van der Waals surface area contributed by atoms with Crippen LogP contribution in [0.2, 0.25) is 5.02 Å². The van der Waals surface area contributed by atoms with Crippen molar-refractivity contribution in [2.75, 3.05) is 19.7 Å². The summed E-state index contributed by atoms with van der Waals surface area (Å²) >= 11 is 5.80. The SMILES string of the molecule is O=C(COc1cccc(Cl)c1)NCC1CC(F)CN1. The van der Waals surface area contributed by atoms with Crippen LogP contribution in [-0.2, 0) is 4.79 Å². The van der Waals surface area contributed by atoms with Gasteiger partial charge in [0.05, 0.1) is 0 Å². The molecular weight excluding hydrogens is 271 g/mol. The predicted molar refractivity (Wildman–Crippen MR) is 71.3 cm³/mol. The summed E-state index contributed by atoms with van der Waals surface area (Å²) in [6.45, 7) is 0.698. The molecule has 0 radical (unpaired) electrons. The third kappa shape index (κ3) is 4.69. The van der Waals surface area contributed by atoms with E-state index in [-0.39, 0.29) is 18.6 Å².